The van der Waals surface area contributed by atoms with Crippen molar-refractivity contribution < 1.29 is 0 Å². The molecule has 0 aromatic heterocycles. The summed E-state index contributed by atoms with van der Waals surface area (Å²) in [6, 6.07) is 8.54. The van der Waals surface area contributed by atoms with Crippen LogP contribution >= 0.6 is 0 Å². The Bertz CT molecular complexity index is 561. The first-order valence-corrected chi connectivity index (χ1v) is 6.76. The van der Waals surface area contributed by atoms with Crippen LogP contribution in [-0.2, 0) is 0 Å². The van der Waals surface area contributed by atoms with Crippen molar-refractivity contribution in [3.8, 4) is 0 Å². The van der Waals surface area contributed by atoms with Crippen molar-refractivity contribution in [2.24, 2.45) is 10.9 Å². The van der Waals surface area contributed by atoms with Gasteiger partial charge in [-0.1, -0.05) is 30.3 Å². The van der Waals surface area contributed by atoms with Crippen LogP contribution in [0.15, 0.2) is 47.0 Å². The molecule has 1 aromatic carbocycles. The predicted molar refractivity (Wildman–Crippen MR) is 77.7 cm³/mol. The molecule has 0 fully saturated rings. The summed E-state index contributed by atoms with van der Waals surface area (Å²) < 4.78 is 0. The van der Waals surface area contributed by atoms with Crippen molar-refractivity contribution >= 4 is 11.4 Å². The van der Waals surface area contributed by atoms with Gasteiger partial charge in [0.15, 0.2) is 0 Å². The van der Waals surface area contributed by atoms with Gasteiger partial charge in [0.25, 0.3) is 0 Å². The molecule has 1 aliphatic heterocycles. The molecule has 1 unspecified atom stereocenters. The highest BCUT2D eigenvalue weighted by Gasteiger charge is 2.23. The average Bonchev–Trinajstić information content (AvgIpc) is 2.39. The molecule has 0 saturated carbocycles. The minimum absolute atomic E-state index is 0.655. The van der Waals surface area contributed by atoms with E-state index in [-0.39, 0.29) is 0 Å². The van der Waals surface area contributed by atoms with E-state index in [0.717, 1.165) is 0 Å². The molecule has 0 bridgehead atoms. The summed E-state index contributed by atoms with van der Waals surface area (Å²) >= 11 is 0. The summed E-state index contributed by atoms with van der Waals surface area (Å²) in [5.74, 6) is 0.655. The lowest BCUT2D eigenvalue weighted by Gasteiger charge is -2.26. The first kappa shape index (κ1) is 11.5. The topological polar surface area (TPSA) is 12.4 Å². The molecule has 1 heterocycles. The van der Waals surface area contributed by atoms with E-state index in [1.54, 1.807) is 0 Å². The van der Waals surface area contributed by atoms with Crippen LogP contribution in [0.3, 0.4) is 0 Å². The van der Waals surface area contributed by atoms with Gasteiger partial charge in [0.1, 0.15) is 0 Å². The van der Waals surface area contributed by atoms with Gasteiger partial charge >= 0.3 is 0 Å². The maximum Gasteiger partial charge on any atom is 0.0697 e. The normalized spacial score (nSPS) is 22.8. The van der Waals surface area contributed by atoms with Crippen LogP contribution in [0.25, 0.3) is 5.70 Å². The zero-order valence-electron chi connectivity index (χ0n) is 11.1. The molecule has 0 radical (unpaired) electrons. The number of rotatable bonds is 1. The highest BCUT2D eigenvalue weighted by Crippen LogP contribution is 2.35. The number of hydrogen-bond acceptors (Lipinski definition) is 1. The number of aliphatic imine (C=N–C) groups is 1. The second-order valence-corrected chi connectivity index (χ2v) is 5.36. The van der Waals surface area contributed by atoms with E-state index in [9.17, 15) is 0 Å². The molecule has 0 saturated heterocycles. The van der Waals surface area contributed by atoms with Gasteiger partial charge in [0, 0.05) is 17.2 Å². The number of nitrogens with zero attached hydrogens (tertiary/aromatic N) is 1. The third-order valence-corrected chi connectivity index (χ3v) is 3.99. The summed E-state index contributed by atoms with van der Waals surface area (Å²) in [6.45, 7) is 4.40. The summed E-state index contributed by atoms with van der Waals surface area (Å²) in [6.07, 6.45) is 8.11. The second-order valence-electron chi connectivity index (χ2n) is 5.36. The van der Waals surface area contributed by atoms with E-state index in [2.05, 4.69) is 50.3 Å². The predicted octanol–water partition coefficient (Wildman–Crippen LogP) is 4.54. The molecule has 18 heavy (non-hydrogen) atoms. The lowest BCUT2D eigenvalue weighted by atomic mass is 9.83. The maximum absolute atomic E-state index is 4.93. The fourth-order valence-electron chi connectivity index (χ4n) is 2.94. The molecule has 1 aliphatic carbocycles. The molecule has 1 aromatic rings. The SMILES string of the molecule is CC1=C(c2ccccc2C)N=C2C=CCCC2C1. The molecule has 0 spiro atoms. The molecule has 3 rings (SSSR count). The van der Waals surface area contributed by atoms with Crippen LogP contribution in [-0.4, -0.2) is 5.71 Å². The number of hydrogen-bond donors (Lipinski definition) is 0. The third kappa shape index (κ3) is 1.94. The van der Waals surface area contributed by atoms with E-state index in [0.29, 0.717) is 5.92 Å². The molecule has 1 nitrogen and oxygen atoms in total. The van der Waals surface area contributed by atoms with Crippen molar-refractivity contribution in [2.75, 3.05) is 0 Å². The van der Waals surface area contributed by atoms with Crippen molar-refractivity contribution in [3.63, 3.8) is 0 Å². The Balaban J connectivity index is 2.07. The fourth-order valence-corrected chi connectivity index (χ4v) is 2.94. The minimum Gasteiger partial charge on any atom is -0.253 e. The number of allylic oxidation sites excluding steroid dienone is 3. The van der Waals surface area contributed by atoms with Gasteiger partial charge in [-0.15, -0.1) is 0 Å². The van der Waals surface area contributed by atoms with Crippen LogP contribution in [0.5, 0.6) is 0 Å². The number of benzene rings is 1. The Kier molecular flexibility index (Phi) is 2.91. The molecule has 2 aliphatic rings. The molecule has 1 heteroatoms. The van der Waals surface area contributed by atoms with E-state index in [1.165, 1.54) is 47.4 Å². The van der Waals surface area contributed by atoms with Crippen LogP contribution in [0.2, 0.25) is 0 Å². The largest absolute Gasteiger partial charge is 0.253 e. The molecular formula is C17H19N. The van der Waals surface area contributed by atoms with Crippen LogP contribution in [0.4, 0.5) is 0 Å². The highest BCUT2D eigenvalue weighted by molar-refractivity contribution is 6.02. The summed E-state index contributed by atoms with van der Waals surface area (Å²) in [5, 5.41) is 0. The lowest BCUT2D eigenvalue weighted by molar-refractivity contribution is 0.612. The standard InChI is InChI=1S/C17H19N/c1-12-7-3-5-9-15(12)17-13(2)11-14-8-4-6-10-16(14)18-17/h3,5-7,9-10,14H,4,8,11H2,1-2H3. The van der Waals surface area contributed by atoms with E-state index >= 15 is 0 Å². The summed E-state index contributed by atoms with van der Waals surface area (Å²) in [7, 11) is 0. The Hall–Kier alpha value is -1.63. The van der Waals surface area contributed by atoms with Crippen molar-refractivity contribution in [1.29, 1.82) is 0 Å². The Morgan fingerprint density at radius 1 is 1.17 bits per heavy atom. The molecule has 92 valence electrons. The van der Waals surface area contributed by atoms with E-state index < -0.39 is 0 Å². The van der Waals surface area contributed by atoms with E-state index in [4.69, 9.17) is 4.99 Å². The molecular weight excluding hydrogens is 218 g/mol. The monoisotopic (exact) mass is 237 g/mol. The van der Waals surface area contributed by atoms with Gasteiger partial charge in [-0.05, 0) is 50.3 Å². The third-order valence-electron chi connectivity index (χ3n) is 3.99. The van der Waals surface area contributed by atoms with Crippen LogP contribution < -0.4 is 0 Å². The fraction of sp³-hybridized carbons (Fsp3) is 0.353. The molecule has 0 amide bonds. The van der Waals surface area contributed by atoms with Gasteiger partial charge in [0.05, 0.1) is 5.70 Å². The van der Waals surface area contributed by atoms with Crippen LogP contribution in [0.1, 0.15) is 37.3 Å². The number of aryl methyl sites for hydroxylation is 1. The second kappa shape index (κ2) is 4.56. The zero-order chi connectivity index (χ0) is 12.5. The smallest absolute Gasteiger partial charge is 0.0697 e. The van der Waals surface area contributed by atoms with Crippen molar-refractivity contribution in [3.05, 3.63) is 53.1 Å². The van der Waals surface area contributed by atoms with Crippen molar-refractivity contribution in [2.45, 2.75) is 33.1 Å². The Morgan fingerprint density at radius 3 is 2.83 bits per heavy atom. The maximum atomic E-state index is 4.93. The van der Waals surface area contributed by atoms with E-state index in [1.807, 2.05) is 0 Å². The quantitative estimate of drug-likeness (QED) is 0.680. The van der Waals surface area contributed by atoms with Gasteiger partial charge in [-0.25, -0.2) is 0 Å². The lowest BCUT2D eigenvalue weighted by Crippen LogP contribution is -2.19. The molecule has 1 atom stereocenters. The van der Waals surface area contributed by atoms with Gasteiger partial charge < -0.3 is 0 Å². The Labute approximate surface area is 109 Å². The summed E-state index contributed by atoms with van der Waals surface area (Å²) in [4.78, 5) is 4.93. The number of fused-ring (bicyclic) bond motifs is 1. The average molecular weight is 237 g/mol. The molecule has 0 N–H and O–H groups in total. The minimum atomic E-state index is 0.655. The summed E-state index contributed by atoms with van der Waals surface area (Å²) in [5.41, 5.74) is 6.53. The highest BCUT2D eigenvalue weighted by atomic mass is 14.8. The van der Waals surface area contributed by atoms with Gasteiger partial charge in [-0.3, -0.25) is 4.99 Å². The zero-order valence-corrected chi connectivity index (χ0v) is 11.1. The first-order chi connectivity index (χ1) is 8.75. The van der Waals surface area contributed by atoms with Crippen molar-refractivity contribution in [1.82, 2.24) is 0 Å². The first-order valence-electron chi connectivity index (χ1n) is 6.76. The Morgan fingerprint density at radius 2 is 2.00 bits per heavy atom. The van der Waals surface area contributed by atoms with Crippen LogP contribution in [0, 0.1) is 12.8 Å². The van der Waals surface area contributed by atoms with Gasteiger partial charge in [-0.2, -0.15) is 0 Å². The van der Waals surface area contributed by atoms with Gasteiger partial charge in [0.2, 0.25) is 0 Å².